The Kier molecular flexibility index (Phi) is 5.85. The zero-order valence-electron chi connectivity index (χ0n) is 14.6. The predicted octanol–water partition coefficient (Wildman–Crippen LogP) is 4.46. The average Bonchev–Trinajstić information content (AvgIpc) is 3.13. The van der Waals surface area contributed by atoms with Gasteiger partial charge in [0.1, 0.15) is 11.6 Å². The van der Waals surface area contributed by atoms with Gasteiger partial charge in [-0.05, 0) is 49.7 Å². The van der Waals surface area contributed by atoms with Gasteiger partial charge in [0, 0.05) is 10.0 Å². The molecule has 0 spiro atoms. The van der Waals surface area contributed by atoms with Crippen LogP contribution in [-0.4, -0.2) is 22.2 Å². The number of esters is 1. The van der Waals surface area contributed by atoms with Crippen molar-refractivity contribution in [2.24, 2.45) is 0 Å². The van der Waals surface area contributed by atoms with E-state index in [1.54, 1.807) is 50.2 Å². The topological polar surface area (TPSA) is 74.5 Å². The molecule has 1 heterocycles. The van der Waals surface area contributed by atoms with E-state index in [9.17, 15) is 9.18 Å². The number of ether oxygens (including phenoxy) is 2. The van der Waals surface area contributed by atoms with Crippen LogP contribution in [0.15, 0.2) is 51.5 Å². The summed E-state index contributed by atoms with van der Waals surface area (Å²) in [4.78, 5) is 16.2. The number of hydrogen-bond donors (Lipinski definition) is 0. The first-order chi connectivity index (χ1) is 12.9. The summed E-state index contributed by atoms with van der Waals surface area (Å²) in [7, 11) is 0. The van der Waals surface area contributed by atoms with Crippen molar-refractivity contribution in [3.8, 4) is 17.1 Å². The van der Waals surface area contributed by atoms with Crippen molar-refractivity contribution >= 4 is 21.9 Å². The van der Waals surface area contributed by atoms with E-state index in [1.165, 1.54) is 6.07 Å². The third-order valence-corrected chi connectivity index (χ3v) is 4.22. The number of hydrogen-bond acceptors (Lipinski definition) is 6. The second-order valence-corrected chi connectivity index (χ2v) is 6.71. The lowest BCUT2D eigenvalue weighted by atomic mass is 10.1. The van der Waals surface area contributed by atoms with E-state index < -0.39 is 12.1 Å². The molecule has 0 bridgehead atoms. The number of carbonyl (C=O) groups is 1. The number of rotatable bonds is 6. The summed E-state index contributed by atoms with van der Waals surface area (Å²) in [6.07, 6.45) is -0.806. The highest BCUT2D eigenvalue weighted by molar-refractivity contribution is 9.10. The smallest absolute Gasteiger partial charge is 0.347 e. The van der Waals surface area contributed by atoms with Gasteiger partial charge in [-0.15, -0.1) is 0 Å². The summed E-state index contributed by atoms with van der Waals surface area (Å²) in [5, 5.41) is 3.78. The van der Waals surface area contributed by atoms with Gasteiger partial charge in [-0.25, -0.2) is 9.18 Å². The Balaban J connectivity index is 1.56. The van der Waals surface area contributed by atoms with Gasteiger partial charge in [-0.2, -0.15) is 4.98 Å². The standard InChI is InChI=1S/C19H16BrFN2O4/c1-11-3-4-13(9-16(11)21)18-22-17(27-23-18)10-25-19(24)12(2)26-15-7-5-14(20)6-8-15/h3-9,12H,10H2,1-2H3. The summed E-state index contributed by atoms with van der Waals surface area (Å²) in [6, 6.07) is 11.7. The SMILES string of the molecule is Cc1ccc(-c2noc(COC(=O)C(C)Oc3ccc(Br)cc3)n2)cc1F. The Labute approximate surface area is 163 Å². The first-order valence-corrected chi connectivity index (χ1v) is 8.89. The first kappa shape index (κ1) is 19.0. The van der Waals surface area contributed by atoms with Gasteiger partial charge in [0.15, 0.2) is 12.7 Å². The monoisotopic (exact) mass is 434 g/mol. The van der Waals surface area contributed by atoms with Gasteiger partial charge in [-0.1, -0.05) is 33.2 Å². The molecule has 0 saturated carbocycles. The van der Waals surface area contributed by atoms with Gasteiger partial charge >= 0.3 is 5.97 Å². The molecule has 8 heteroatoms. The molecule has 140 valence electrons. The lowest BCUT2D eigenvalue weighted by Crippen LogP contribution is -2.26. The van der Waals surface area contributed by atoms with Crippen LogP contribution in [0.2, 0.25) is 0 Å². The highest BCUT2D eigenvalue weighted by Gasteiger charge is 2.18. The van der Waals surface area contributed by atoms with E-state index in [4.69, 9.17) is 14.0 Å². The number of halogens is 2. The third-order valence-electron chi connectivity index (χ3n) is 3.69. The van der Waals surface area contributed by atoms with E-state index in [1.807, 2.05) is 0 Å². The van der Waals surface area contributed by atoms with Crippen LogP contribution in [0.5, 0.6) is 5.75 Å². The quantitative estimate of drug-likeness (QED) is 0.533. The Morgan fingerprint density at radius 1 is 1.26 bits per heavy atom. The molecule has 3 aromatic rings. The van der Waals surface area contributed by atoms with Crippen molar-refractivity contribution < 1.29 is 23.2 Å². The predicted molar refractivity (Wildman–Crippen MR) is 98.5 cm³/mol. The van der Waals surface area contributed by atoms with Crippen LogP contribution in [0.4, 0.5) is 4.39 Å². The number of aromatic nitrogens is 2. The summed E-state index contributed by atoms with van der Waals surface area (Å²) in [5.41, 5.74) is 1.00. The van der Waals surface area contributed by atoms with Crippen molar-refractivity contribution in [1.82, 2.24) is 10.1 Å². The average molecular weight is 435 g/mol. The molecular weight excluding hydrogens is 419 g/mol. The minimum Gasteiger partial charge on any atom is -0.479 e. The molecule has 3 rings (SSSR count). The Morgan fingerprint density at radius 2 is 2.00 bits per heavy atom. The number of carbonyl (C=O) groups excluding carboxylic acids is 1. The largest absolute Gasteiger partial charge is 0.479 e. The fourth-order valence-corrected chi connectivity index (χ4v) is 2.44. The van der Waals surface area contributed by atoms with Crippen molar-refractivity contribution in [2.45, 2.75) is 26.6 Å². The Morgan fingerprint density at radius 3 is 2.70 bits per heavy atom. The maximum absolute atomic E-state index is 13.6. The van der Waals surface area contributed by atoms with Gasteiger partial charge in [-0.3, -0.25) is 0 Å². The van der Waals surface area contributed by atoms with Crippen molar-refractivity contribution in [2.75, 3.05) is 0 Å². The van der Waals surface area contributed by atoms with Gasteiger partial charge in [0.05, 0.1) is 0 Å². The lowest BCUT2D eigenvalue weighted by molar-refractivity contribution is -0.153. The molecule has 0 aliphatic carbocycles. The highest BCUT2D eigenvalue weighted by atomic mass is 79.9. The molecule has 0 radical (unpaired) electrons. The van der Waals surface area contributed by atoms with Gasteiger partial charge in [0.2, 0.25) is 5.82 Å². The van der Waals surface area contributed by atoms with Crippen LogP contribution >= 0.6 is 15.9 Å². The fourth-order valence-electron chi connectivity index (χ4n) is 2.18. The third kappa shape index (κ3) is 4.91. The van der Waals surface area contributed by atoms with Gasteiger partial charge in [0.25, 0.3) is 5.89 Å². The summed E-state index contributed by atoms with van der Waals surface area (Å²) in [6.45, 7) is 3.05. The second-order valence-electron chi connectivity index (χ2n) is 5.80. The van der Waals surface area contributed by atoms with Crippen LogP contribution in [0.1, 0.15) is 18.4 Å². The normalized spacial score (nSPS) is 11.9. The van der Waals surface area contributed by atoms with E-state index in [-0.39, 0.29) is 24.1 Å². The summed E-state index contributed by atoms with van der Waals surface area (Å²) >= 11 is 3.33. The summed E-state index contributed by atoms with van der Waals surface area (Å²) in [5.74, 6) is -0.0540. The zero-order chi connectivity index (χ0) is 19.4. The summed E-state index contributed by atoms with van der Waals surface area (Å²) < 4.78 is 30.2. The molecule has 27 heavy (non-hydrogen) atoms. The number of benzene rings is 2. The molecule has 1 aromatic heterocycles. The van der Waals surface area contributed by atoms with Crippen molar-refractivity contribution in [3.63, 3.8) is 0 Å². The highest BCUT2D eigenvalue weighted by Crippen LogP contribution is 2.20. The molecule has 0 N–H and O–H groups in total. The fraction of sp³-hybridized carbons (Fsp3) is 0.211. The lowest BCUT2D eigenvalue weighted by Gasteiger charge is -2.13. The van der Waals surface area contributed by atoms with Crippen molar-refractivity contribution in [1.29, 1.82) is 0 Å². The maximum Gasteiger partial charge on any atom is 0.347 e. The van der Waals surface area contributed by atoms with Crippen LogP contribution in [0.25, 0.3) is 11.4 Å². The van der Waals surface area contributed by atoms with E-state index in [2.05, 4.69) is 26.1 Å². The molecule has 2 aromatic carbocycles. The molecule has 0 fully saturated rings. The minimum absolute atomic E-state index is 0.107. The number of nitrogens with zero attached hydrogens (tertiary/aromatic N) is 2. The van der Waals surface area contributed by atoms with Gasteiger partial charge < -0.3 is 14.0 Å². The minimum atomic E-state index is -0.806. The number of aryl methyl sites for hydroxylation is 1. The first-order valence-electron chi connectivity index (χ1n) is 8.10. The second kappa shape index (κ2) is 8.30. The molecule has 6 nitrogen and oxygen atoms in total. The van der Waals surface area contributed by atoms with Crippen LogP contribution in [0, 0.1) is 12.7 Å². The molecule has 0 aliphatic rings. The van der Waals surface area contributed by atoms with E-state index >= 15 is 0 Å². The Hall–Kier alpha value is -2.74. The maximum atomic E-state index is 13.6. The van der Waals surface area contributed by atoms with Crippen LogP contribution < -0.4 is 4.74 Å². The van der Waals surface area contributed by atoms with Crippen LogP contribution in [0.3, 0.4) is 0 Å². The molecule has 1 atom stereocenters. The van der Waals surface area contributed by atoms with E-state index in [0.29, 0.717) is 16.9 Å². The molecule has 0 aliphatic heterocycles. The zero-order valence-corrected chi connectivity index (χ0v) is 16.2. The molecule has 1 unspecified atom stereocenters. The molecular formula is C19H16BrFN2O4. The molecule has 0 amide bonds. The van der Waals surface area contributed by atoms with Crippen molar-refractivity contribution in [3.05, 3.63) is 64.2 Å². The molecule has 0 saturated heterocycles. The Bertz CT molecular complexity index is 943. The van der Waals surface area contributed by atoms with E-state index in [0.717, 1.165) is 4.47 Å². The van der Waals surface area contributed by atoms with Crippen LogP contribution in [-0.2, 0) is 16.1 Å².